The number of carboxylic acid groups (broad SMARTS) is 1. The molecule has 4 amide bonds. The number of hydrogen-bond donors (Lipinski definition) is 4. The van der Waals surface area contributed by atoms with Crippen LogP contribution in [-0.4, -0.2) is 75.7 Å². The molecule has 5 N–H and O–H groups in total. The van der Waals surface area contributed by atoms with E-state index in [1.165, 1.54) is 42.6 Å². The van der Waals surface area contributed by atoms with Crippen molar-refractivity contribution >= 4 is 84.4 Å². The molecule has 2 atom stereocenters. The summed E-state index contributed by atoms with van der Waals surface area (Å²) in [5.41, 5.74) is 6.51. The van der Waals surface area contributed by atoms with E-state index >= 15 is 0 Å². The van der Waals surface area contributed by atoms with E-state index in [0.717, 1.165) is 20.9 Å². The first-order valence-electron chi connectivity index (χ1n) is 11.5. The van der Waals surface area contributed by atoms with Crippen LogP contribution < -0.4 is 31.4 Å². The van der Waals surface area contributed by atoms with Crippen LogP contribution in [-0.2, 0) is 25.8 Å². The number of thioether (sulfide) groups is 1. The number of β-lactam (4-membered cyclic amide) rings is 1. The van der Waals surface area contributed by atoms with Crippen molar-refractivity contribution in [3.8, 4) is 0 Å². The van der Waals surface area contributed by atoms with Crippen molar-refractivity contribution in [2.75, 3.05) is 31.0 Å². The van der Waals surface area contributed by atoms with E-state index in [1.54, 1.807) is 23.0 Å². The number of urea groups is 1. The molecule has 2 aliphatic rings. The number of amides is 4. The van der Waals surface area contributed by atoms with Crippen LogP contribution in [0.15, 0.2) is 40.3 Å². The van der Waals surface area contributed by atoms with E-state index in [9.17, 15) is 24.3 Å². The molecule has 18 heteroatoms. The molecule has 3 aromatic heterocycles. The Bertz CT molecular complexity index is 1600. The lowest BCUT2D eigenvalue weighted by Crippen LogP contribution is -2.71. The van der Waals surface area contributed by atoms with Gasteiger partial charge in [-0.25, -0.2) is 14.8 Å². The van der Waals surface area contributed by atoms with E-state index in [0.29, 0.717) is 16.2 Å². The van der Waals surface area contributed by atoms with Gasteiger partial charge in [-0.2, -0.15) is 4.57 Å². The van der Waals surface area contributed by atoms with E-state index in [4.69, 9.17) is 10.6 Å². The van der Waals surface area contributed by atoms with Crippen molar-refractivity contribution < 1.29 is 33.7 Å². The van der Waals surface area contributed by atoms with Crippen LogP contribution in [0, 0.1) is 0 Å². The van der Waals surface area contributed by atoms with E-state index in [2.05, 4.69) is 31.1 Å². The summed E-state index contributed by atoms with van der Waals surface area (Å²) < 4.78 is 2.56. The number of rotatable bonds is 8. The predicted molar refractivity (Wildman–Crippen MR) is 145 cm³/mol. The third-order valence-electron chi connectivity index (χ3n) is 5.90. The average molecular weight is 604 g/mol. The van der Waals surface area contributed by atoms with E-state index in [1.807, 2.05) is 0 Å². The maximum atomic E-state index is 13.1. The molecule has 208 valence electrons. The second kappa shape index (κ2) is 11.1. The number of aromatic nitrogens is 3. The first kappa shape index (κ1) is 27.3. The first-order valence-corrected chi connectivity index (χ1v) is 14.2. The molecule has 0 radical (unpaired) electrons. The summed E-state index contributed by atoms with van der Waals surface area (Å²) in [6.07, 6.45) is 3.48. The number of oxime groups is 1. The molecule has 1 unspecified atom stereocenters. The Morgan fingerprint density at radius 1 is 1.35 bits per heavy atom. The van der Waals surface area contributed by atoms with Crippen molar-refractivity contribution in [2.24, 2.45) is 5.16 Å². The van der Waals surface area contributed by atoms with Crippen LogP contribution in [0.4, 0.5) is 15.1 Å². The standard InChI is InChI=1S/C22H21N9O6S3/c1-24-21(36)28-22-26-10-6-30(4-3-12(10)40-22)5-9-7-38-18-14(17(33)31(18)15(9)19(34)35)27-16(32)13(29-37-2)11-8-39-20(23)25-11/h3-4,6,8,14,18H,5,7H2,1-2H3,(H5-,23,24,25,26,27,28,32,34,35,36)/b29-13+/t14?,18-/m1/s1. The number of carbonyl (C=O) groups is 4. The van der Waals surface area contributed by atoms with Gasteiger partial charge in [-0.05, 0) is 0 Å². The van der Waals surface area contributed by atoms with Crippen LogP contribution >= 0.6 is 34.4 Å². The summed E-state index contributed by atoms with van der Waals surface area (Å²) in [4.78, 5) is 64.0. The fraction of sp³-hybridized carbons (Fsp3) is 0.273. The highest BCUT2D eigenvalue weighted by atomic mass is 32.2. The molecule has 5 rings (SSSR count). The minimum Gasteiger partial charge on any atom is -0.543 e. The number of thiazole rings is 2. The molecular formula is C22H21N9O6S3. The summed E-state index contributed by atoms with van der Waals surface area (Å²) >= 11 is 3.71. The van der Waals surface area contributed by atoms with Gasteiger partial charge in [0.05, 0.1) is 16.4 Å². The van der Waals surface area contributed by atoms with E-state index < -0.39 is 35.2 Å². The minimum atomic E-state index is -1.49. The van der Waals surface area contributed by atoms with Crippen molar-refractivity contribution in [3.05, 3.63) is 40.8 Å². The molecule has 3 aromatic rings. The van der Waals surface area contributed by atoms with Crippen LogP contribution in [0.3, 0.4) is 0 Å². The zero-order chi connectivity index (χ0) is 28.6. The topological polar surface area (TPSA) is 208 Å². The third kappa shape index (κ3) is 5.15. The smallest absolute Gasteiger partial charge is 0.320 e. The molecular weight excluding hydrogens is 583 g/mol. The summed E-state index contributed by atoms with van der Waals surface area (Å²) in [6, 6.07) is 0.417. The monoisotopic (exact) mass is 603 g/mol. The van der Waals surface area contributed by atoms with Crippen molar-refractivity contribution in [1.82, 2.24) is 25.5 Å². The van der Waals surface area contributed by atoms with Gasteiger partial charge in [-0.1, -0.05) is 16.5 Å². The highest BCUT2D eigenvalue weighted by Gasteiger charge is 2.53. The van der Waals surface area contributed by atoms with Crippen molar-refractivity contribution in [3.63, 3.8) is 0 Å². The number of nitrogens with two attached hydrogens (primary N) is 1. The number of pyridine rings is 1. The summed E-state index contributed by atoms with van der Waals surface area (Å²) in [5.74, 6) is -2.53. The molecule has 0 aliphatic carbocycles. The maximum absolute atomic E-state index is 13.1. The summed E-state index contributed by atoms with van der Waals surface area (Å²) in [6.45, 7) is 0.158. The lowest BCUT2D eigenvalue weighted by molar-refractivity contribution is -0.687. The Morgan fingerprint density at radius 3 is 2.83 bits per heavy atom. The molecule has 2 aliphatic heterocycles. The number of nitrogens with one attached hydrogen (secondary N) is 3. The van der Waals surface area contributed by atoms with Gasteiger partial charge in [0.25, 0.3) is 11.8 Å². The molecule has 0 bridgehead atoms. The quantitative estimate of drug-likeness (QED) is 0.105. The number of aliphatic carboxylic acids is 1. The number of nitrogens with zero attached hydrogens (tertiary/aromatic N) is 5. The molecule has 0 aromatic carbocycles. The van der Waals surface area contributed by atoms with Crippen molar-refractivity contribution in [1.29, 1.82) is 0 Å². The van der Waals surface area contributed by atoms with Gasteiger partial charge in [0.2, 0.25) is 0 Å². The average Bonchev–Trinajstić information content (AvgIpc) is 3.54. The fourth-order valence-corrected chi connectivity index (χ4v) is 6.86. The van der Waals surface area contributed by atoms with Gasteiger partial charge in [0.1, 0.15) is 29.7 Å². The highest BCUT2D eigenvalue weighted by Crippen LogP contribution is 2.40. The van der Waals surface area contributed by atoms with Crippen molar-refractivity contribution in [2.45, 2.75) is 18.0 Å². The lowest BCUT2D eigenvalue weighted by atomic mass is 10.0. The van der Waals surface area contributed by atoms with Gasteiger partial charge < -0.3 is 31.1 Å². The third-order valence-corrected chi connectivity index (χ3v) is 8.86. The highest BCUT2D eigenvalue weighted by molar-refractivity contribution is 8.00. The number of carboxylic acids is 1. The zero-order valence-corrected chi connectivity index (χ0v) is 23.3. The molecule has 1 saturated heterocycles. The van der Waals surface area contributed by atoms with Gasteiger partial charge >= 0.3 is 6.03 Å². The van der Waals surface area contributed by atoms with Gasteiger partial charge in [-0.15, -0.1) is 23.1 Å². The molecule has 0 spiro atoms. The van der Waals surface area contributed by atoms with Crippen LogP contribution in [0.5, 0.6) is 0 Å². The number of carbonyl (C=O) groups excluding carboxylic acids is 4. The second-order valence-corrected chi connectivity index (χ2v) is 11.4. The van der Waals surface area contributed by atoms with Gasteiger partial charge in [-0.3, -0.25) is 19.8 Å². The minimum absolute atomic E-state index is 0.158. The van der Waals surface area contributed by atoms with Crippen LogP contribution in [0.1, 0.15) is 5.69 Å². The molecule has 40 heavy (non-hydrogen) atoms. The number of hydrogen-bond acceptors (Lipinski definition) is 13. The fourth-order valence-electron chi connectivity index (χ4n) is 4.15. The molecule has 5 heterocycles. The Labute approximate surface area is 238 Å². The maximum Gasteiger partial charge on any atom is 0.320 e. The number of anilines is 2. The predicted octanol–water partition coefficient (Wildman–Crippen LogP) is -1.17. The van der Waals surface area contributed by atoms with Crippen LogP contribution in [0.25, 0.3) is 10.2 Å². The Morgan fingerprint density at radius 2 is 2.15 bits per heavy atom. The van der Waals surface area contributed by atoms with E-state index in [-0.39, 0.29) is 34.5 Å². The van der Waals surface area contributed by atoms with Gasteiger partial charge in [0, 0.05) is 29.8 Å². The molecule has 15 nitrogen and oxygen atoms in total. The summed E-state index contributed by atoms with van der Waals surface area (Å²) in [5, 5.41) is 25.1. The zero-order valence-electron chi connectivity index (χ0n) is 20.9. The largest absolute Gasteiger partial charge is 0.543 e. The normalized spacial score (nSPS) is 18.7. The summed E-state index contributed by atoms with van der Waals surface area (Å²) in [7, 11) is 2.76. The first-order chi connectivity index (χ1) is 19.2. The molecule has 1 fully saturated rings. The lowest BCUT2D eigenvalue weighted by Gasteiger charge is -2.50. The SMILES string of the molecule is CNC(=O)Nc1nc2c[n+](CC3=C(C(=O)[O-])N4C(=O)C(NC(=O)/C(=N/OC)c5csc(N)n5)[C@H]4SC3)ccc2s1. The van der Waals surface area contributed by atoms with Crippen LogP contribution in [0.2, 0.25) is 0 Å². The van der Waals surface area contributed by atoms with Gasteiger partial charge in [0.15, 0.2) is 34.9 Å². The Hall–Kier alpha value is -4.29. The Balaban J connectivity index is 1.33. The Kier molecular flexibility index (Phi) is 7.55. The second-order valence-electron chi connectivity index (χ2n) is 8.38. The number of fused-ring (bicyclic) bond motifs is 2. The molecule has 0 saturated carbocycles. The number of nitrogen functional groups attached to an aromatic ring is 1.